The lowest BCUT2D eigenvalue weighted by Gasteiger charge is -2.25. The molecule has 2 aromatic carbocycles. The van der Waals surface area contributed by atoms with Crippen molar-refractivity contribution in [1.29, 1.82) is 0 Å². The minimum absolute atomic E-state index is 0.00378. The number of nitrogens with two attached hydrogens (primary N) is 1. The Morgan fingerprint density at radius 2 is 1.78 bits per heavy atom. The highest BCUT2D eigenvalue weighted by atomic mass is 19.1. The number of halogens is 1. The molecule has 0 atom stereocenters. The molecule has 5 nitrogen and oxygen atoms in total. The maximum atomic E-state index is 13.7. The van der Waals surface area contributed by atoms with Crippen LogP contribution in [0.25, 0.3) is 6.08 Å². The van der Waals surface area contributed by atoms with Gasteiger partial charge < -0.3 is 15.5 Å². The summed E-state index contributed by atoms with van der Waals surface area (Å²) in [7, 11) is 3.75. The number of benzene rings is 2. The molecular weight excluding hydrogens is 345 g/mol. The van der Waals surface area contributed by atoms with Crippen LogP contribution >= 0.6 is 0 Å². The smallest absolute Gasteiger partial charge is 0.261 e. The molecule has 2 rings (SSSR count). The van der Waals surface area contributed by atoms with E-state index in [1.54, 1.807) is 30.3 Å². The molecule has 0 fully saturated rings. The first-order chi connectivity index (χ1) is 12.8. The van der Waals surface area contributed by atoms with Crippen molar-refractivity contribution in [1.82, 2.24) is 4.90 Å². The van der Waals surface area contributed by atoms with Crippen LogP contribution in [0.5, 0.6) is 0 Å². The molecule has 27 heavy (non-hydrogen) atoms. The molecule has 6 heteroatoms. The molecule has 0 radical (unpaired) electrons. The lowest BCUT2D eigenvalue weighted by atomic mass is 10.0. The topological polar surface area (TPSA) is 66.6 Å². The predicted octanol–water partition coefficient (Wildman–Crippen LogP) is 2.98. The number of nitrogen functional groups attached to an aromatic ring is 1. The highest BCUT2D eigenvalue weighted by molar-refractivity contribution is 6.26. The third-order valence-corrected chi connectivity index (χ3v) is 4.04. The van der Waals surface area contributed by atoms with Crippen molar-refractivity contribution >= 4 is 29.1 Å². The minimum atomic E-state index is -0.488. The van der Waals surface area contributed by atoms with E-state index in [0.717, 1.165) is 0 Å². The van der Waals surface area contributed by atoms with Gasteiger partial charge in [0.1, 0.15) is 5.82 Å². The number of amides is 1. The SMILES string of the molecule is CC(=O)C(=Cc1ccccc1N)C(=O)N(CCN(C)C)c1cccc(F)c1. The highest BCUT2D eigenvalue weighted by Gasteiger charge is 2.23. The molecule has 2 aromatic rings. The van der Waals surface area contributed by atoms with Gasteiger partial charge in [0.05, 0.1) is 5.57 Å². The number of carbonyl (C=O) groups is 2. The zero-order chi connectivity index (χ0) is 20.0. The average Bonchev–Trinajstić information content (AvgIpc) is 2.60. The maximum Gasteiger partial charge on any atom is 0.261 e. The maximum absolute atomic E-state index is 13.7. The molecular formula is C21H24FN3O2. The molecule has 0 bridgehead atoms. The van der Waals surface area contributed by atoms with E-state index in [9.17, 15) is 14.0 Å². The number of hydrogen-bond acceptors (Lipinski definition) is 4. The van der Waals surface area contributed by atoms with Crippen molar-refractivity contribution in [2.24, 2.45) is 0 Å². The number of carbonyl (C=O) groups excluding carboxylic acids is 2. The fourth-order valence-electron chi connectivity index (χ4n) is 2.55. The summed E-state index contributed by atoms with van der Waals surface area (Å²) in [5.41, 5.74) is 7.39. The summed E-state index contributed by atoms with van der Waals surface area (Å²) in [5, 5.41) is 0. The largest absolute Gasteiger partial charge is 0.398 e. The van der Waals surface area contributed by atoms with Gasteiger partial charge in [-0.05, 0) is 56.9 Å². The summed E-state index contributed by atoms with van der Waals surface area (Å²) in [4.78, 5) is 28.7. The minimum Gasteiger partial charge on any atom is -0.398 e. The van der Waals surface area contributed by atoms with Gasteiger partial charge >= 0.3 is 0 Å². The van der Waals surface area contributed by atoms with Gasteiger partial charge in [-0.3, -0.25) is 9.59 Å². The first-order valence-corrected chi connectivity index (χ1v) is 8.59. The molecule has 0 aromatic heterocycles. The third-order valence-electron chi connectivity index (χ3n) is 4.04. The van der Waals surface area contributed by atoms with Crippen LogP contribution in [0.3, 0.4) is 0 Å². The van der Waals surface area contributed by atoms with Gasteiger partial charge in [0.2, 0.25) is 0 Å². The van der Waals surface area contributed by atoms with E-state index in [1.165, 1.54) is 36.1 Å². The molecule has 0 aliphatic rings. The molecule has 0 spiro atoms. The summed E-state index contributed by atoms with van der Waals surface area (Å²) in [5.74, 6) is -1.32. The van der Waals surface area contributed by atoms with Gasteiger partial charge in [0.25, 0.3) is 5.91 Å². The van der Waals surface area contributed by atoms with E-state index in [2.05, 4.69) is 0 Å². The lowest BCUT2D eigenvalue weighted by Crippen LogP contribution is -2.38. The zero-order valence-electron chi connectivity index (χ0n) is 15.8. The lowest BCUT2D eigenvalue weighted by molar-refractivity contribution is -0.120. The van der Waals surface area contributed by atoms with E-state index in [4.69, 9.17) is 5.73 Å². The van der Waals surface area contributed by atoms with Crippen LogP contribution in [0, 0.1) is 5.82 Å². The van der Waals surface area contributed by atoms with Crippen LogP contribution in [-0.4, -0.2) is 43.8 Å². The van der Waals surface area contributed by atoms with E-state index >= 15 is 0 Å². The van der Waals surface area contributed by atoms with Crippen molar-refractivity contribution in [3.8, 4) is 0 Å². The molecule has 0 unspecified atom stereocenters. The van der Waals surface area contributed by atoms with Crippen LogP contribution in [0.15, 0.2) is 54.1 Å². The van der Waals surface area contributed by atoms with Crippen LogP contribution in [0.2, 0.25) is 0 Å². The van der Waals surface area contributed by atoms with Gasteiger partial charge in [0.15, 0.2) is 5.78 Å². The number of anilines is 2. The van der Waals surface area contributed by atoms with E-state index in [1.807, 2.05) is 19.0 Å². The van der Waals surface area contributed by atoms with Gasteiger partial charge in [-0.15, -0.1) is 0 Å². The van der Waals surface area contributed by atoms with Gasteiger partial charge in [-0.2, -0.15) is 0 Å². The Morgan fingerprint density at radius 1 is 1.07 bits per heavy atom. The Bertz CT molecular complexity index is 862. The normalized spacial score (nSPS) is 11.5. The van der Waals surface area contributed by atoms with Gasteiger partial charge in [0, 0.05) is 24.5 Å². The van der Waals surface area contributed by atoms with Gasteiger partial charge in [-0.25, -0.2) is 4.39 Å². The molecule has 0 saturated heterocycles. The van der Waals surface area contributed by atoms with Crippen molar-refractivity contribution in [3.63, 3.8) is 0 Å². The first-order valence-electron chi connectivity index (χ1n) is 8.59. The van der Waals surface area contributed by atoms with Gasteiger partial charge in [-0.1, -0.05) is 24.3 Å². The number of likely N-dealkylation sites (N-methyl/N-ethyl adjacent to an activating group) is 1. The number of Topliss-reactive ketones (excluding diaryl/α,β-unsaturated/α-hetero) is 1. The summed E-state index contributed by atoms with van der Waals surface area (Å²) >= 11 is 0. The van der Waals surface area contributed by atoms with Crippen molar-refractivity contribution in [2.75, 3.05) is 37.8 Å². The quantitative estimate of drug-likeness (QED) is 0.353. The predicted molar refractivity (Wildman–Crippen MR) is 107 cm³/mol. The Morgan fingerprint density at radius 3 is 2.37 bits per heavy atom. The number of para-hydroxylation sites is 1. The number of ketones is 1. The molecule has 142 valence electrons. The fraction of sp³-hybridized carbons (Fsp3) is 0.238. The monoisotopic (exact) mass is 369 g/mol. The Balaban J connectivity index is 2.46. The van der Waals surface area contributed by atoms with E-state index in [0.29, 0.717) is 30.0 Å². The second-order valence-corrected chi connectivity index (χ2v) is 6.48. The zero-order valence-corrected chi connectivity index (χ0v) is 15.8. The van der Waals surface area contributed by atoms with E-state index < -0.39 is 11.7 Å². The van der Waals surface area contributed by atoms with Crippen LogP contribution < -0.4 is 10.6 Å². The third kappa shape index (κ3) is 5.49. The molecule has 0 aliphatic carbocycles. The molecule has 0 heterocycles. The van der Waals surface area contributed by atoms with Crippen molar-refractivity contribution in [2.45, 2.75) is 6.92 Å². The van der Waals surface area contributed by atoms with Crippen LogP contribution in [0.1, 0.15) is 12.5 Å². The van der Waals surface area contributed by atoms with Crippen molar-refractivity contribution < 1.29 is 14.0 Å². The standard InChI is InChI=1S/C21H24FN3O2/c1-15(26)19(13-16-7-4-5-10-20(16)23)21(27)25(12-11-24(2)3)18-9-6-8-17(22)14-18/h4-10,13-14H,11-12,23H2,1-3H3. The summed E-state index contributed by atoms with van der Waals surface area (Å²) in [6.45, 7) is 2.20. The summed E-state index contributed by atoms with van der Waals surface area (Å²) in [6, 6.07) is 12.8. The van der Waals surface area contributed by atoms with E-state index in [-0.39, 0.29) is 11.4 Å². The second kappa shape index (κ2) is 9.09. The van der Waals surface area contributed by atoms with Crippen LogP contribution in [0.4, 0.5) is 15.8 Å². The Labute approximate surface area is 158 Å². The fourth-order valence-corrected chi connectivity index (χ4v) is 2.55. The van der Waals surface area contributed by atoms with Crippen LogP contribution in [-0.2, 0) is 9.59 Å². The summed E-state index contributed by atoms with van der Waals surface area (Å²) < 4.78 is 13.7. The Hall–Kier alpha value is -2.99. The number of hydrogen-bond donors (Lipinski definition) is 1. The first kappa shape index (κ1) is 20.3. The second-order valence-electron chi connectivity index (χ2n) is 6.48. The molecule has 2 N–H and O–H groups in total. The highest BCUT2D eigenvalue weighted by Crippen LogP contribution is 2.21. The number of rotatable bonds is 7. The Kier molecular flexibility index (Phi) is 6.85. The summed E-state index contributed by atoms with van der Waals surface area (Å²) in [6.07, 6.45) is 1.49. The average molecular weight is 369 g/mol. The number of nitrogens with zero attached hydrogens (tertiary/aromatic N) is 2. The van der Waals surface area contributed by atoms with Crippen molar-refractivity contribution in [3.05, 3.63) is 65.5 Å². The molecule has 1 amide bonds. The molecule has 0 saturated carbocycles. The molecule has 0 aliphatic heterocycles.